The molecule has 242 valence electrons. The van der Waals surface area contributed by atoms with Crippen LogP contribution in [-0.4, -0.2) is 51.7 Å². The summed E-state index contributed by atoms with van der Waals surface area (Å²) < 4.78 is 21.1. The average Bonchev–Trinajstić information content (AvgIpc) is 3.68. The van der Waals surface area contributed by atoms with Crippen LogP contribution in [0.15, 0.2) is 97.3 Å². The third kappa shape index (κ3) is 12.0. The van der Waals surface area contributed by atoms with Gasteiger partial charge in [-0.1, -0.05) is 91.9 Å². The summed E-state index contributed by atoms with van der Waals surface area (Å²) in [5, 5.41) is 0. The van der Waals surface area contributed by atoms with Crippen LogP contribution in [0, 0.1) is 23.7 Å². The maximum absolute atomic E-state index is 12.6. The highest BCUT2D eigenvalue weighted by Crippen LogP contribution is 2.48. The van der Waals surface area contributed by atoms with Crippen LogP contribution in [0.2, 0.25) is 0 Å². The van der Waals surface area contributed by atoms with E-state index in [1.807, 2.05) is 73.8 Å². The summed E-state index contributed by atoms with van der Waals surface area (Å²) in [5.74, 6) is 3.79. The van der Waals surface area contributed by atoms with E-state index in [4.69, 9.17) is 18.9 Å². The highest BCUT2D eigenvalue weighted by molar-refractivity contribution is 7.80. The number of ketones is 1. The predicted octanol–water partition coefficient (Wildman–Crippen LogP) is 8.73. The highest BCUT2D eigenvalue weighted by Gasteiger charge is 2.41. The van der Waals surface area contributed by atoms with Crippen LogP contribution in [0.25, 0.3) is 0 Å². The van der Waals surface area contributed by atoms with Gasteiger partial charge >= 0.3 is 0 Å². The number of allylic oxidation sites excluding steroid dienone is 5. The molecule has 0 bridgehead atoms. The fourth-order valence-electron chi connectivity index (χ4n) is 5.68. The second-order valence-corrected chi connectivity index (χ2v) is 11.5. The zero-order valence-electron chi connectivity index (χ0n) is 27.4. The first-order chi connectivity index (χ1) is 21.5. The van der Waals surface area contributed by atoms with Crippen LogP contribution in [0.1, 0.15) is 62.9 Å². The molecule has 2 aromatic carbocycles. The normalized spacial score (nSPS) is 21.7. The van der Waals surface area contributed by atoms with Crippen molar-refractivity contribution in [2.45, 2.75) is 52.6 Å². The number of Topliss-reactive ketones (excluding diaryl/α,β-unsaturated/α-hetero) is 1. The van der Waals surface area contributed by atoms with E-state index in [0.717, 1.165) is 55.3 Å². The molecule has 0 radical (unpaired) electrons. The molecular formula is C38H54O5S. The largest absolute Gasteiger partial charge is 0.502 e. The number of ether oxygens (including phenoxy) is 4. The molecule has 0 aliphatic heterocycles. The lowest BCUT2D eigenvalue weighted by molar-refractivity contribution is 0.0101. The van der Waals surface area contributed by atoms with Crippen molar-refractivity contribution in [1.29, 1.82) is 0 Å². The molecule has 5 nitrogen and oxygen atoms in total. The van der Waals surface area contributed by atoms with Crippen molar-refractivity contribution < 1.29 is 23.7 Å². The van der Waals surface area contributed by atoms with Crippen LogP contribution < -0.4 is 0 Å². The summed E-state index contributed by atoms with van der Waals surface area (Å²) in [7, 11) is 1.56. The van der Waals surface area contributed by atoms with Gasteiger partial charge in [0.15, 0.2) is 11.4 Å². The Labute approximate surface area is 272 Å². The maximum Gasteiger partial charge on any atom is 0.198 e. The summed E-state index contributed by atoms with van der Waals surface area (Å²) in [4.78, 5) is 12.6. The Hall–Kier alpha value is -2.64. The molecule has 0 heterocycles. The number of carbonyl (C=O) groups excluding carboxylic acids is 1. The fourth-order valence-corrected chi connectivity index (χ4v) is 5.81. The maximum atomic E-state index is 12.6. The monoisotopic (exact) mass is 622 g/mol. The summed E-state index contributed by atoms with van der Waals surface area (Å²) in [6.07, 6.45) is 17.1. The van der Waals surface area contributed by atoms with Crippen molar-refractivity contribution in [3.8, 4) is 0 Å². The Bertz CT molecular complexity index is 1110. The molecule has 0 aromatic heterocycles. The Morgan fingerprint density at radius 1 is 0.932 bits per heavy atom. The van der Waals surface area contributed by atoms with Crippen molar-refractivity contribution >= 4 is 18.4 Å². The molecule has 0 amide bonds. The summed E-state index contributed by atoms with van der Waals surface area (Å²) in [5.41, 5.74) is 0.579. The Kier molecular flexibility index (Phi) is 18.7. The molecule has 1 saturated carbocycles. The summed E-state index contributed by atoms with van der Waals surface area (Å²) in [6.45, 7) is 11.8. The molecule has 4 rings (SSSR count). The summed E-state index contributed by atoms with van der Waals surface area (Å²) >= 11 is 4.00. The van der Waals surface area contributed by atoms with Crippen molar-refractivity contribution in [3.05, 3.63) is 108 Å². The SMILES string of the molecule is C/C=C/[C@H]1C[C@@H](/C=C/OCC)[C@H]2C=CC[C@H]21.CCCOCCOCCS.COC(C)(C(=O)c1ccccc1)c1ccccc1. The van der Waals surface area contributed by atoms with Gasteiger partial charge in [-0.2, -0.15) is 12.6 Å². The quantitative estimate of drug-likeness (QED) is 0.0708. The first-order valence-electron chi connectivity index (χ1n) is 16.0. The third-order valence-electron chi connectivity index (χ3n) is 8.04. The number of rotatable bonds is 15. The number of methoxy groups -OCH3 is 1. The first kappa shape index (κ1) is 37.5. The average molecular weight is 623 g/mol. The number of fused-ring (bicyclic) bond motifs is 1. The van der Waals surface area contributed by atoms with Gasteiger partial charge in [0.25, 0.3) is 0 Å². The first-order valence-corrected chi connectivity index (χ1v) is 16.6. The zero-order chi connectivity index (χ0) is 32.0. The van der Waals surface area contributed by atoms with Gasteiger partial charge in [0.05, 0.1) is 32.7 Å². The number of benzene rings is 2. The van der Waals surface area contributed by atoms with Crippen molar-refractivity contribution in [2.75, 3.05) is 45.9 Å². The minimum atomic E-state index is -0.942. The number of carbonyl (C=O) groups is 1. The second kappa shape index (κ2) is 22.0. The van der Waals surface area contributed by atoms with E-state index in [2.05, 4.69) is 56.9 Å². The smallest absolute Gasteiger partial charge is 0.198 e. The summed E-state index contributed by atoms with van der Waals surface area (Å²) in [6, 6.07) is 18.8. The van der Waals surface area contributed by atoms with E-state index >= 15 is 0 Å². The standard InChI is InChI=1S/C16H16O2.C15H22O.C7H16O2S/c1-16(18-2,14-11-7-4-8-12-14)15(17)13-9-5-3-6-10-13;1-3-6-12-11-13(9-10-16-4-2)15-8-5-7-14(12)15;1-2-3-8-4-5-9-6-7-10/h3-12H,1-2H3;3,5-6,8-10,12-15H,4,7,11H2,1-2H3;10H,2-7H2,1H3/b;6-3+,10-9+;/t;12-,13+,14-,15+;/m.0./s1. The van der Waals surface area contributed by atoms with Crippen molar-refractivity contribution in [2.24, 2.45) is 23.7 Å². The third-order valence-corrected chi connectivity index (χ3v) is 8.22. The molecule has 2 aromatic rings. The van der Waals surface area contributed by atoms with Crippen molar-refractivity contribution in [1.82, 2.24) is 0 Å². The lowest BCUT2D eigenvalue weighted by Crippen LogP contribution is -2.34. The van der Waals surface area contributed by atoms with E-state index in [0.29, 0.717) is 24.7 Å². The van der Waals surface area contributed by atoms with Crippen LogP contribution in [0.5, 0.6) is 0 Å². The molecule has 44 heavy (non-hydrogen) atoms. The number of hydrogen-bond donors (Lipinski definition) is 1. The molecule has 0 N–H and O–H groups in total. The lowest BCUT2D eigenvalue weighted by atomic mass is 9.87. The van der Waals surface area contributed by atoms with Gasteiger partial charge in [-0.3, -0.25) is 4.79 Å². The Morgan fingerprint density at radius 3 is 2.18 bits per heavy atom. The predicted molar refractivity (Wildman–Crippen MR) is 185 cm³/mol. The van der Waals surface area contributed by atoms with Gasteiger partial charge in [0, 0.05) is 25.0 Å². The molecule has 1 fully saturated rings. The van der Waals surface area contributed by atoms with Crippen LogP contribution in [-0.2, 0) is 24.5 Å². The number of hydrogen-bond acceptors (Lipinski definition) is 6. The molecule has 6 heteroatoms. The topological polar surface area (TPSA) is 54.0 Å². The molecule has 2 aliphatic rings. The van der Waals surface area contributed by atoms with Crippen molar-refractivity contribution in [3.63, 3.8) is 0 Å². The lowest BCUT2D eigenvalue weighted by Gasteiger charge is -2.27. The Morgan fingerprint density at radius 2 is 1.59 bits per heavy atom. The van der Waals surface area contributed by atoms with E-state index in [1.54, 1.807) is 14.0 Å². The van der Waals surface area contributed by atoms with Crippen LogP contribution in [0.3, 0.4) is 0 Å². The molecule has 2 aliphatic carbocycles. The van der Waals surface area contributed by atoms with Gasteiger partial charge in [0.2, 0.25) is 0 Å². The molecule has 5 atom stereocenters. The molecular weight excluding hydrogens is 568 g/mol. The minimum Gasteiger partial charge on any atom is -0.502 e. The van der Waals surface area contributed by atoms with Gasteiger partial charge in [-0.25, -0.2) is 0 Å². The van der Waals surface area contributed by atoms with E-state index in [1.165, 1.54) is 12.8 Å². The zero-order valence-corrected chi connectivity index (χ0v) is 28.3. The molecule has 0 spiro atoms. The Balaban J connectivity index is 0.000000240. The van der Waals surface area contributed by atoms with Gasteiger partial charge in [-0.15, -0.1) is 0 Å². The van der Waals surface area contributed by atoms with Gasteiger partial charge in [-0.05, 0) is 75.3 Å². The molecule has 1 unspecified atom stereocenters. The van der Waals surface area contributed by atoms with Gasteiger partial charge in [0.1, 0.15) is 0 Å². The van der Waals surface area contributed by atoms with E-state index in [9.17, 15) is 4.79 Å². The van der Waals surface area contributed by atoms with Crippen LogP contribution in [0.4, 0.5) is 0 Å². The fraction of sp³-hybridized carbons (Fsp3) is 0.500. The number of thiol groups is 1. The van der Waals surface area contributed by atoms with Gasteiger partial charge < -0.3 is 18.9 Å². The second-order valence-electron chi connectivity index (χ2n) is 11.0. The molecule has 0 saturated heterocycles. The van der Waals surface area contributed by atoms with Crippen LogP contribution >= 0.6 is 12.6 Å². The highest BCUT2D eigenvalue weighted by atomic mass is 32.1. The van der Waals surface area contributed by atoms with E-state index < -0.39 is 5.60 Å². The minimum absolute atomic E-state index is 0.0307. The van der Waals surface area contributed by atoms with E-state index in [-0.39, 0.29) is 5.78 Å².